The van der Waals surface area contributed by atoms with Crippen molar-refractivity contribution in [3.05, 3.63) is 48.9 Å². The second kappa shape index (κ2) is 6.08. The molecule has 1 heterocycles. The number of benzene rings is 1. The highest BCUT2D eigenvalue weighted by atomic mass is 127. The van der Waals surface area contributed by atoms with Gasteiger partial charge in [0.2, 0.25) is 0 Å². The Bertz CT molecular complexity index is 669. The predicted molar refractivity (Wildman–Crippen MR) is 91.0 cm³/mol. The van der Waals surface area contributed by atoms with E-state index in [-0.39, 0.29) is 5.56 Å². The summed E-state index contributed by atoms with van der Waals surface area (Å²) in [5.74, 6) is 1.16. The molecule has 0 bridgehead atoms. The lowest BCUT2D eigenvalue weighted by atomic mass is 10.0. The van der Waals surface area contributed by atoms with Crippen molar-refractivity contribution in [1.82, 2.24) is 9.97 Å². The van der Waals surface area contributed by atoms with Crippen LogP contribution in [0.1, 0.15) is 30.7 Å². The standard InChI is InChI=1S/C16H19IN2O/c1-9(2)8-12-14(17)16(20)19-15(18-12)13-10(3)6-5-7-11(13)4/h5-7,9H,8H2,1-4H3,(H,18,19,20). The van der Waals surface area contributed by atoms with Gasteiger partial charge in [0.05, 0.1) is 9.26 Å². The molecule has 0 saturated heterocycles. The second-order valence-electron chi connectivity index (χ2n) is 5.54. The molecule has 1 aromatic carbocycles. The molecule has 0 aliphatic carbocycles. The quantitative estimate of drug-likeness (QED) is 0.820. The van der Waals surface area contributed by atoms with E-state index in [0.717, 1.165) is 28.8 Å². The van der Waals surface area contributed by atoms with E-state index >= 15 is 0 Å². The summed E-state index contributed by atoms with van der Waals surface area (Å²) >= 11 is 2.09. The van der Waals surface area contributed by atoms with Crippen LogP contribution in [0.4, 0.5) is 0 Å². The molecule has 2 rings (SSSR count). The number of nitrogens with one attached hydrogen (secondary N) is 1. The number of aryl methyl sites for hydroxylation is 2. The van der Waals surface area contributed by atoms with Crippen LogP contribution in [0.3, 0.4) is 0 Å². The summed E-state index contributed by atoms with van der Waals surface area (Å²) in [5.41, 5.74) is 4.14. The van der Waals surface area contributed by atoms with Gasteiger partial charge in [0.15, 0.2) is 0 Å². The van der Waals surface area contributed by atoms with Crippen LogP contribution in [0, 0.1) is 23.3 Å². The fourth-order valence-electron chi connectivity index (χ4n) is 2.33. The third kappa shape index (κ3) is 3.11. The number of aromatic nitrogens is 2. The molecule has 0 radical (unpaired) electrons. The molecule has 106 valence electrons. The number of hydrogen-bond acceptors (Lipinski definition) is 2. The van der Waals surface area contributed by atoms with Crippen molar-refractivity contribution in [2.75, 3.05) is 0 Å². The molecule has 0 aliphatic rings. The lowest BCUT2D eigenvalue weighted by Crippen LogP contribution is -2.18. The number of halogens is 1. The van der Waals surface area contributed by atoms with E-state index in [0.29, 0.717) is 15.3 Å². The van der Waals surface area contributed by atoms with Crippen LogP contribution in [-0.2, 0) is 6.42 Å². The highest BCUT2D eigenvalue weighted by Crippen LogP contribution is 2.24. The molecule has 0 amide bonds. The fraction of sp³-hybridized carbons (Fsp3) is 0.375. The Morgan fingerprint density at radius 2 is 1.85 bits per heavy atom. The third-order valence-corrected chi connectivity index (χ3v) is 4.36. The van der Waals surface area contributed by atoms with E-state index in [4.69, 9.17) is 4.98 Å². The number of aromatic amines is 1. The molecule has 0 spiro atoms. The SMILES string of the molecule is Cc1cccc(C)c1-c1nc(CC(C)C)c(I)c(=O)[nH]1. The molecule has 1 aromatic heterocycles. The average molecular weight is 382 g/mol. The van der Waals surface area contributed by atoms with Gasteiger partial charge >= 0.3 is 0 Å². The van der Waals surface area contributed by atoms with Crippen molar-refractivity contribution in [1.29, 1.82) is 0 Å². The van der Waals surface area contributed by atoms with Crippen LogP contribution in [0.25, 0.3) is 11.4 Å². The largest absolute Gasteiger partial charge is 0.306 e. The van der Waals surface area contributed by atoms with Crippen molar-refractivity contribution >= 4 is 22.6 Å². The van der Waals surface area contributed by atoms with E-state index in [1.165, 1.54) is 0 Å². The highest BCUT2D eigenvalue weighted by Gasteiger charge is 2.14. The molecule has 1 N–H and O–H groups in total. The minimum Gasteiger partial charge on any atom is -0.306 e. The Morgan fingerprint density at radius 1 is 1.25 bits per heavy atom. The summed E-state index contributed by atoms with van der Waals surface area (Å²) in [4.78, 5) is 19.8. The van der Waals surface area contributed by atoms with Gasteiger partial charge < -0.3 is 4.98 Å². The minimum absolute atomic E-state index is 0.0473. The smallest absolute Gasteiger partial charge is 0.264 e. The van der Waals surface area contributed by atoms with E-state index in [1.54, 1.807) is 0 Å². The van der Waals surface area contributed by atoms with E-state index < -0.39 is 0 Å². The summed E-state index contributed by atoms with van der Waals surface area (Å²) in [5, 5.41) is 0. The highest BCUT2D eigenvalue weighted by molar-refractivity contribution is 14.1. The summed E-state index contributed by atoms with van der Waals surface area (Å²) in [6.07, 6.45) is 0.820. The van der Waals surface area contributed by atoms with Crippen molar-refractivity contribution in [2.45, 2.75) is 34.1 Å². The summed E-state index contributed by atoms with van der Waals surface area (Å²) < 4.78 is 0.700. The van der Waals surface area contributed by atoms with Crippen molar-refractivity contribution in [3.8, 4) is 11.4 Å². The van der Waals surface area contributed by atoms with Gasteiger partial charge in [-0.1, -0.05) is 32.0 Å². The molecule has 0 aliphatic heterocycles. The molecule has 0 atom stereocenters. The molecular weight excluding hydrogens is 363 g/mol. The molecule has 0 unspecified atom stereocenters. The molecular formula is C16H19IN2O. The van der Waals surface area contributed by atoms with Crippen LogP contribution in [0.15, 0.2) is 23.0 Å². The van der Waals surface area contributed by atoms with Gasteiger partial charge in [0.1, 0.15) is 5.82 Å². The van der Waals surface area contributed by atoms with E-state index in [9.17, 15) is 4.79 Å². The predicted octanol–water partition coefficient (Wildman–Crippen LogP) is 3.86. The van der Waals surface area contributed by atoms with Crippen molar-refractivity contribution in [2.24, 2.45) is 5.92 Å². The topological polar surface area (TPSA) is 45.8 Å². The minimum atomic E-state index is -0.0473. The number of rotatable bonds is 3. The first-order chi connectivity index (χ1) is 9.40. The molecule has 0 saturated carbocycles. The Kier molecular flexibility index (Phi) is 4.62. The lowest BCUT2D eigenvalue weighted by Gasteiger charge is -2.12. The maximum absolute atomic E-state index is 12.1. The lowest BCUT2D eigenvalue weighted by molar-refractivity contribution is 0.631. The maximum atomic E-state index is 12.1. The second-order valence-corrected chi connectivity index (χ2v) is 6.62. The monoisotopic (exact) mass is 382 g/mol. The first-order valence-electron chi connectivity index (χ1n) is 6.75. The van der Waals surface area contributed by atoms with Gasteiger partial charge in [-0.25, -0.2) is 4.98 Å². The molecule has 2 aromatic rings. The van der Waals surface area contributed by atoms with Crippen molar-refractivity contribution < 1.29 is 0 Å². The zero-order valence-corrected chi connectivity index (χ0v) is 14.4. The Morgan fingerprint density at radius 3 is 2.40 bits per heavy atom. The Balaban J connectivity index is 2.64. The Labute approximate surface area is 133 Å². The number of nitrogens with zero attached hydrogens (tertiary/aromatic N) is 1. The zero-order valence-electron chi connectivity index (χ0n) is 12.2. The molecule has 4 heteroatoms. The van der Waals surface area contributed by atoms with E-state index in [1.807, 2.05) is 32.0 Å². The molecule has 0 fully saturated rings. The summed E-state index contributed by atoms with van der Waals surface area (Å²) in [6, 6.07) is 6.11. The number of hydrogen-bond donors (Lipinski definition) is 1. The van der Waals surface area contributed by atoms with Crippen LogP contribution in [-0.4, -0.2) is 9.97 Å². The average Bonchev–Trinajstić information content (AvgIpc) is 2.34. The zero-order chi connectivity index (χ0) is 14.9. The van der Waals surface area contributed by atoms with Gasteiger partial charge in [-0.2, -0.15) is 0 Å². The number of H-pyrrole nitrogens is 1. The Hall–Kier alpha value is -1.17. The molecule has 20 heavy (non-hydrogen) atoms. The van der Waals surface area contributed by atoms with Gasteiger partial charge in [-0.05, 0) is 59.9 Å². The van der Waals surface area contributed by atoms with Crippen LogP contribution >= 0.6 is 22.6 Å². The van der Waals surface area contributed by atoms with Crippen LogP contribution in [0.2, 0.25) is 0 Å². The van der Waals surface area contributed by atoms with Gasteiger partial charge in [0.25, 0.3) is 5.56 Å². The third-order valence-electron chi connectivity index (χ3n) is 3.25. The fourth-order valence-corrected chi connectivity index (χ4v) is 2.81. The van der Waals surface area contributed by atoms with Gasteiger partial charge in [-0.15, -0.1) is 0 Å². The molecule has 3 nitrogen and oxygen atoms in total. The van der Waals surface area contributed by atoms with E-state index in [2.05, 4.69) is 41.4 Å². The first-order valence-corrected chi connectivity index (χ1v) is 7.83. The normalized spacial score (nSPS) is 11.1. The van der Waals surface area contributed by atoms with Crippen LogP contribution < -0.4 is 5.56 Å². The first kappa shape index (κ1) is 15.2. The summed E-state index contributed by atoms with van der Waals surface area (Å²) in [6.45, 7) is 8.36. The van der Waals surface area contributed by atoms with Gasteiger partial charge in [-0.3, -0.25) is 4.79 Å². The summed E-state index contributed by atoms with van der Waals surface area (Å²) in [7, 11) is 0. The van der Waals surface area contributed by atoms with Crippen molar-refractivity contribution in [3.63, 3.8) is 0 Å². The van der Waals surface area contributed by atoms with Crippen LogP contribution in [0.5, 0.6) is 0 Å². The van der Waals surface area contributed by atoms with Gasteiger partial charge in [0, 0.05) is 5.56 Å². The maximum Gasteiger partial charge on any atom is 0.264 e.